The molecule has 4 heteroatoms. The van der Waals surface area contributed by atoms with Gasteiger partial charge in [0.15, 0.2) is 0 Å². The van der Waals surface area contributed by atoms with Crippen LogP contribution in [0.2, 0.25) is 0 Å². The molecule has 2 atom stereocenters. The van der Waals surface area contributed by atoms with Gasteiger partial charge in [-0.1, -0.05) is 19.3 Å². The molecule has 0 aromatic rings. The monoisotopic (exact) mass is 295 g/mol. The van der Waals surface area contributed by atoms with Crippen LogP contribution in [0.5, 0.6) is 0 Å². The number of carbonyl (C=O) groups excluding carboxylic acids is 1. The number of carbonyl (C=O) groups is 1. The lowest BCUT2D eigenvalue weighted by Gasteiger charge is -2.40. The predicted molar refractivity (Wildman–Crippen MR) is 87.4 cm³/mol. The van der Waals surface area contributed by atoms with Crippen LogP contribution >= 0.6 is 0 Å². The van der Waals surface area contributed by atoms with Gasteiger partial charge in [-0.25, -0.2) is 0 Å². The first kappa shape index (κ1) is 16.8. The molecule has 2 heterocycles. The maximum absolute atomic E-state index is 12.8. The Kier molecular flexibility index (Phi) is 6.97. The molecule has 21 heavy (non-hydrogen) atoms. The van der Waals surface area contributed by atoms with E-state index in [4.69, 9.17) is 0 Å². The first-order chi connectivity index (χ1) is 10.2. The van der Waals surface area contributed by atoms with Crippen LogP contribution < -0.4 is 5.32 Å². The maximum atomic E-state index is 12.8. The van der Waals surface area contributed by atoms with Crippen molar-refractivity contribution >= 4 is 5.91 Å². The Bertz CT molecular complexity index is 313. The van der Waals surface area contributed by atoms with Crippen LogP contribution in [0.1, 0.15) is 58.3 Å². The smallest absolute Gasteiger partial charge is 0.239 e. The van der Waals surface area contributed by atoms with E-state index in [-0.39, 0.29) is 6.04 Å². The topological polar surface area (TPSA) is 35.6 Å². The van der Waals surface area contributed by atoms with Gasteiger partial charge in [0.2, 0.25) is 5.91 Å². The second-order valence-corrected chi connectivity index (χ2v) is 6.70. The second kappa shape index (κ2) is 8.74. The molecule has 2 aliphatic heterocycles. The van der Waals surface area contributed by atoms with Crippen molar-refractivity contribution in [2.24, 2.45) is 0 Å². The molecule has 0 aromatic heterocycles. The van der Waals surface area contributed by atoms with Crippen LogP contribution in [-0.4, -0.2) is 61.0 Å². The van der Waals surface area contributed by atoms with Gasteiger partial charge < -0.3 is 10.2 Å². The van der Waals surface area contributed by atoms with E-state index in [2.05, 4.69) is 22.0 Å². The molecule has 2 unspecified atom stereocenters. The van der Waals surface area contributed by atoms with E-state index in [9.17, 15) is 4.79 Å². The summed E-state index contributed by atoms with van der Waals surface area (Å²) in [7, 11) is 2.01. The zero-order chi connectivity index (χ0) is 15.1. The zero-order valence-electron chi connectivity index (χ0n) is 13.9. The van der Waals surface area contributed by atoms with E-state index in [1.54, 1.807) is 0 Å². The molecule has 1 amide bonds. The lowest BCUT2D eigenvalue weighted by atomic mass is 9.97. The summed E-state index contributed by atoms with van der Waals surface area (Å²) in [4.78, 5) is 17.4. The van der Waals surface area contributed by atoms with E-state index in [1.165, 1.54) is 44.9 Å². The van der Waals surface area contributed by atoms with Crippen molar-refractivity contribution < 1.29 is 4.79 Å². The SMILES string of the molecule is CNCCC1CCCCN1C(C)C(=O)N1CCCCCC1. The van der Waals surface area contributed by atoms with Crippen LogP contribution in [0.25, 0.3) is 0 Å². The Hall–Kier alpha value is -0.610. The molecular formula is C17H33N3O. The van der Waals surface area contributed by atoms with Crippen LogP contribution in [0.3, 0.4) is 0 Å². The fourth-order valence-corrected chi connectivity index (χ4v) is 3.85. The van der Waals surface area contributed by atoms with Gasteiger partial charge in [0.1, 0.15) is 0 Å². The number of nitrogens with zero attached hydrogens (tertiary/aromatic N) is 2. The molecule has 122 valence electrons. The van der Waals surface area contributed by atoms with Crippen LogP contribution in [0.4, 0.5) is 0 Å². The molecule has 2 aliphatic rings. The Morgan fingerprint density at radius 2 is 1.76 bits per heavy atom. The first-order valence-corrected chi connectivity index (χ1v) is 8.93. The standard InChI is InChI=1S/C17H33N3O/c1-15(17(21)19-12-6-3-4-7-13-19)20-14-8-5-9-16(20)10-11-18-2/h15-16,18H,3-14H2,1-2H3. The summed E-state index contributed by atoms with van der Waals surface area (Å²) >= 11 is 0. The lowest BCUT2D eigenvalue weighted by molar-refractivity contribution is -0.138. The number of rotatable bonds is 5. The molecule has 1 N–H and O–H groups in total. The quantitative estimate of drug-likeness (QED) is 0.845. The number of hydrogen-bond acceptors (Lipinski definition) is 3. The largest absolute Gasteiger partial charge is 0.341 e. The Labute approximate surface area is 130 Å². The summed E-state index contributed by atoms with van der Waals surface area (Å²) < 4.78 is 0. The van der Waals surface area contributed by atoms with Crippen molar-refractivity contribution in [3.8, 4) is 0 Å². The molecule has 2 fully saturated rings. The zero-order valence-corrected chi connectivity index (χ0v) is 13.9. The van der Waals surface area contributed by atoms with Gasteiger partial charge >= 0.3 is 0 Å². The minimum absolute atomic E-state index is 0.0604. The number of piperidine rings is 1. The summed E-state index contributed by atoms with van der Waals surface area (Å²) in [6.45, 7) is 6.21. The van der Waals surface area contributed by atoms with E-state index < -0.39 is 0 Å². The number of hydrogen-bond donors (Lipinski definition) is 1. The highest BCUT2D eigenvalue weighted by Crippen LogP contribution is 2.23. The highest BCUT2D eigenvalue weighted by Gasteiger charge is 2.32. The summed E-state index contributed by atoms with van der Waals surface area (Å²) in [6, 6.07) is 0.641. The molecule has 0 bridgehead atoms. The van der Waals surface area contributed by atoms with Gasteiger partial charge in [-0.2, -0.15) is 0 Å². The van der Waals surface area contributed by atoms with Crippen molar-refractivity contribution in [3.63, 3.8) is 0 Å². The van der Waals surface area contributed by atoms with Gasteiger partial charge in [0, 0.05) is 19.1 Å². The van der Waals surface area contributed by atoms with Crippen LogP contribution in [0.15, 0.2) is 0 Å². The van der Waals surface area contributed by atoms with E-state index in [0.29, 0.717) is 11.9 Å². The third kappa shape index (κ3) is 4.68. The Morgan fingerprint density at radius 1 is 1.10 bits per heavy atom. The molecule has 0 spiro atoms. The maximum Gasteiger partial charge on any atom is 0.239 e. The van der Waals surface area contributed by atoms with Crippen molar-refractivity contribution in [1.82, 2.24) is 15.1 Å². The summed E-state index contributed by atoms with van der Waals surface area (Å²) in [6.07, 6.45) is 9.90. The third-order valence-electron chi connectivity index (χ3n) is 5.17. The lowest BCUT2D eigenvalue weighted by Crippen LogP contribution is -2.53. The van der Waals surface area contributed by atoms with Crippen molar-refractivity contribution in [2.75, 3.05) is 33.2 Å². The van der Waals surface area contributed by atoms with Crippen LogP contribution in [-0.2, 0) is 4.79 Å². The fourth-order valence-electron chi connectivity index (χ4n) is 3.85. The molecule has 0 aliphatic carbocycles. The Balaban J connectivity index is 1.94. The molecule has 0 radical (unpaired) electrons. The van der Waals surface area contributed by atoms with Crippen LogP contribution in [0, 0.1) is 0 Å². The van der Waals surface area contributed by atoms with Gasteiger partial charge in [0.25, 0.3) is 0 Å². The summed E-state index contributed by atoms with van der Waals surface area (Å²) in [5.41, 5.74) is 0. The molecule has 2 rings (SSSR count). The molecule has 4 nitrogen and oxygen atoms in total. The van der Waals surface area contributed by atoms with Gasteiger partial charge in [-0.15, -0.1) is 0 Å². The highest BCUT2D eigenvalue weighted by molar-refractivity contribution is 5.81. The number of nitrogens with one attached hydrogen (secondary N) is 1. The van der Waals surface area contributed by atoms with Gasteiger partial charge in [0.05, 0.1) is 6.04 Å². The Morgan fingerprint density at radius 3 is 2.43 bits per heavy atom. The second-order valence-electron chi connectivity index (χ2n) is 6.70. The molecule has 0 saturated carbocycles. The number of likely N-dealkylation sites (tertiary alicyclic amines) is 2. The first-order valence-electron chi connectivity index (χ1n) is 8.93. The molecule has 0 aromatic carbocycles. The van der Waals surface area contributed by atoms with E-state index >= 15 is 0 Å². The minimum atomic E-state index is 0.0604. The number of amides is 1. The average molecular weight is 295 g/mol. The minimum Gasteiger partial charge on any atom is -0.341 e. The molecular weight excluding hydrogens is 262 g/mol. The predicted octanol–water partition coefficient (Wildman–Crippen LogP) is 2.24. The van der Waals surface area contributed by atoms with E-state index in [0.717, 1.165) is 32.6 Å². The van der Waals surface area contributed by atoms with E-state index in [1.807, 2.05) is 7.05 Å². The molecule has 2 saturated heterocycles. The average Bonchev–Trinajstić information content (AvgIpc) is 2.81. The van der Waals surface area contributed by atoms with Gasteiger partial charge in [-0.05, 0) is 59.2 Å². The normalized spacial score (nSPS) is 26.4. The third-order valence-corrected chi connectivity index (χ3v) is 5.17. The van der Waals surface area contributed by atoms with Crippen molar-refractivity contribution in [2.45, 2.75) is 70.4 Å². The van der Waals surface area contributed by atoms with Crippen molar-refractivity contribution in [3.05, 3.63) is 0 Å². The summed E-state index contributed by atoms with van der Waals surface area (Å²) in [5, 5.41) is 3.25. The van der Waals surface area contributed by atoms with Gasteiger partial charge in [-0.3, -0.25) is 9.69 Å². The highest BCUT2D eigenvalue weighted by atomic mass is 16.2. The van der Waals surface area contributed by atoms with Crippen molar-refractivity contribution in [1.29, 1.82) is 0 Å². The fraction of sp³-hybridized carbons (Fsp3) is 0.941. The summed E-state index contributed by atoms with van der Waals surface area (Å²) in [5.74, 6) is 0.369.